The highest BCUT2D eigenvalue weighted by Crippen LogP contribution is 2.43. The summed E-state index contributed by atoms with van der Waals surface area (Å²) in [4.78, 5) is 39.3. The molecule has 0 saturated carbocycles. The van der Waals surface area contributed by atoms with E-state index >= 15 is 0 Å². The predicted molar refractivity (Wildman–Crippen MR) is 207 cm³/mol. The number of hydrogen-bond donors (Lipinski definition) is 1. The van der Waals surface area contributed by atoms with Crippen molar-refractivity contribution in [2.45, 2.75) is 107 Å². The highest BCUT2D eigenvalue weighted by molar-refractivity contribution is 7.99. The van der Waals surface area contributed by atoms with Crippen molar-refractivity contribution in [3.63, 3.8) is 0 Å². The quantitative estimate of drug-likeness (QED) is 0.175. The summed E-state index contributed by atoms with van der Waals surface area (Å²) in [7, 11) is 0. The number of carbonyl (C=O) groups excluding carboxylic acids is 3. The maximum atomic E-state index is 14.1. The Morgan fingerprint density at radius 2 is 1.31 bits per heavy atom. The molecule has 1 N–H and O–H groups in total. The number of esters is 3. The van der Waals surface area contributed by atoms with Crippen LogP contribution in [0, 0.1) is 5.41 Å². The number of carbonyl (C=O) groups is 3. The maximum absolute atomic E-state index is 14.1. The first-order valence-corrected chi connectivity index (χ1v) is 20.6. The molecule has 3 aromatic rings. The normalized spacial score (nSPS) is 32.2. The molecule has 0 aromatic heterocycles. The number of rotatable bonds is 13. The van der Waals surface area contributed by atoms with E-state index in [0.29, 0.717) is 5.75 Å². The van der Waals surface area contributed by atoms with E-state index in [9.17, 15) is 19.5 Å². The summed E-state index contributed by atoms with van der Waals surface area (Å²) >= 11 is 1.40. The van der Waals surface area contributed by atoms with Crippen LogP contribution < -0.4 is 0 Å². The van der Waals surface area contributed by atoms with Crippen LogP contribution in [0.15, 0.2) is 91.0 Å². The van der Waals surface area contributed by atoms with Gasteiger partial charge in [-0.15, -0.1) is 11.8 Å². The van der Waals surface area contributed by atoms with Gasteiger partial charge in [-0.05, 0) is 38.2 Å². The average Bonchev–Trinajstić information content (AvgIpc) is 3.23. The van der Waals surface area contributed by atoms with Crippen LogP contribution in [0.2, 0.25) is 0 Å². The molecular weight excluding hydrogens is 773 g/mol. The standard InChI is InChI=1S/C43H50O14S/c1-5-58-41-36(57-42(47)43(3,4)21-22-48-25(2)44)35(33-30(52-41)24-50-39(55-33)28-19-13-8-14-20-28)56-40-34(53-37(46)26-15-9-6-10-16-26)31(45)32-29(51-40)23-49-38(54-32)27-17-11-7-12-18-27/h6-20,29-36,38-41,45H,5,21-24H2,1-4H3/t29-,30-,31+,32-,33-,34-,35+,36-,38?,39?,40+,41-/m1/s1. The molecule has 4 heterocycles. The van der Waals surface area contributed by atoms with Gasteiger partial charge in [0.1, 0.15) is 42.1 Å². The van der Waals surface area contributed by atoms with Crippen LogP contribution >= 0.6 is 11.8 Å². The second kappa shape index (κ2) is 19.0. The number of fused-ring (bicyclic) bond motifs is 2. The van der Waals surface area contributed by atoms with Crippen molar-refractivity contribution in [1.82, 2.24) is 0 Å². The van der Waals surface area contributed by atoms with Gasteiger partial charge in [-0.1, -0.05) is 85.8 Å². The molecule has 14 nitrogen and oxygen atoms in total. The Labute approximate surface area is 341 Å². The predicted octanol–water partition coefficient (Wildman–Crippen LogP) is 5.28. The molecule has 4 fully saturated rings. The monoisotopic (exact) mass is 822 g/mol. The summed E-state index contributed by atoms with van der Waals surface area (Å²) in [5.74, 6) is -1.19. The highest BCUT2D eigenvalue weighted by atomic mass is 32.2. The van der Waals surface area contributed by atoms with Crippen molar-refractivity contribution in [2.24, 2.45) is 5.41 Å². The summed E-state index contributed by atoms with van der Waals surface area (Å²) in [6.07, 6.45) is -11.4. The van der Waals surface area contributed by atoms with E-state index in [2.05, 4.69) is 0 Å². The number of hydrogen-bond acceptors (Lipinski definition) is 15. The van der Waals surface area contributed by atoms with E-state index in [4.69, 9.17) is 47.4 Å². The zero-order chi connectivity index (χ0) is 40.8. The Balaban J connectivity index is 1.22. The molecule has 4 aliphatic heterocycles. The van der Waals surface area contributed by atoms with Crippen molar-refractivity contribution in [2.75, 3.05) is 25.6 Å². The van der Waals surface area contributed by atoms with E-state index in [-0.39, 0.29) is 31.8 Å². The van der Waals surface area contributed by atoms with Crippen LogP contribution in [0.1, 0.15) is 68.2 Å². The molecule has 0 amide bonds. The molecule has 58 heavy (non-hydrogen) atoms. The molecular formula is C43H50O14S. The lowest BCUT2D eigenvalue weighted by molar-refractivity contribution is -0.388. The Hall–Kier alpha value is -3.90. The van der Waals surface area contributed by atoms with Crippen molar-refractivity contribution in [3.05, 3.63) is 108 Å². The lowest BCUT2D eigenvalue weighted by Crippen LogP contribution is -2.67. The van der Waals surface area contributed by atoms with Gasteiger partial charge in [0.15, 0.2) is 31.1 Å². The molecule has 312 valence electrons. The van der Waals surface area contributed by atoms with Crippen LogP contribution in [0.5, 0.6) is 0 Å². The minimum atomic E-state index is -1.45. The largest absolute Gasteiger partial charge is 0.466 e. The number of ether oxygens (including phenoxy) is 10. The third-order valence-electron chi connectivity index (χ3n) is 10.4. The van der Waals surface area contributed by atoms with Gasteiger partial charge < -0.3 is 52.5 Å². The Morgan fingerprint density at radius 1 is 0.741 bits per heavy atom. The minimum Gasteiger partial charge on any atom is -0.466 e. The van der Waals surface area contributed by atoms with Gasteiger partial charge in [0.25, 0.3) is 0 Å². The summed E-state index contributed by atoms with van der Waals surface area (Å²) < 4.78 is 62.7. The van der Waals surface area contributed by atoms with Gasteiger partial charge in [0.2, 0.25) is 0 Å². The molecule has 7 rings (SSSR count). The minimum absolute atomic E-state index is 0.00959. The summed E-state index contributed by atoms with van der Waals surface area (Å²) in [5.41, 5.74) is -0.119. The molecule has 0 radical (unpaired) electrons. The van der Waals surface area contributed by atoms with Crippen molar-refractivity contribution in [1.29, 1.82) is 0 Å². The third-order valence-corrected chi connectivity index (χ3v) is 11.5. The maximum Gasteiger partial charge on any atom is 0.338 e. The molecule has 0 bridgehead atoms. The SMILES string of the molecule is CCS[C@H]1O[C@@H]2COC(c3ccccc3)O[C@H]2[C@H](O[C@@H]2O[C@@H]3COC(c4ccccc4)O[C@H]3[C@H](O)[C@H]2OC(=O)c2ccccc2)[C@H]1OC(=O)C(C)(C)CCOC(C)=O. The highest BCUT2D eigenvalue weighted by Gasteiger charge is 2.58. The molecule has 3 aromatic carbocycles. The summed E-state index contributed by atoms with van der Waals surface area (Å²) in [6.45, 7) is 6.79. The fourth-order valence-corrected chi connectivity index (χ4v) is 8.19. The first-order valence-electron chi connectivity index (χ1n) is 19.5. The summed E-state index contributed by atoms with van der Waals surface area (Å²) in [5, 5.41) is 12.1. The van der Waals surface area contributed by atoms with E-state index in [1.54, 1.807) is 44.2 Å². The topological polar surface area (TPSA) is 164 Å². The number of aliphatic hydroxyl groups is 1. The lowest BCUT2D eigenvalue weighted by atomic mass is 9.89. The molecule has 4 aliphatic rings. The van der Waals surface area contributed by atoms with Crippen molar-refractivity contribution >= 4 is 29.7 Å². The van der Waals surface area contributed by atoms with Gasteiger partial charge in [0.05, 0.1) is 30.8 Å². The van der Waals surface area contributed by atoms with Crippen LogP contribution in [0.25, 0.3) is 0 Å². The zero-order valence-electron chi connectivity index (χ0n) is 32.8. The van der Waals surface area contributed by atoms with Gasteiger partial charge >= 0.3 is 17.9 Å². The Bertz CT molecular complexity index is 1820. The number of aliphatic hydroxyl groups excluding tert-OH is 1. The van der Waals surface area contributed by atoms with E-state index in [1.165, 1.54) is 18.7 Å². The van der Waals surface area contributed by atoms with Crippen LogP contribution in [0.3, 0.4) is 0 Å². The Kier molecular flexibility index (Phi) is 13.8. The number of thioether (sulfide) groups is 1. The van der Waals surface area contributed by atoms with Gasteiger partial charge in [-0.3, -0.25) is 9.59 Å². The average molecular weight is 823 g/mol. The van der Waals surface area contributed by atoms with Gasteiger partial charge in [-0.25, -0.2) is 4.79 Å². The Morgan fingerprint density at radius 3 is 1.90 bits per heavy atom. The van der Waals surface area contributed by atoms with E-state index in [1.807, 2.05) is 67.6 Å². The molecule has 4 saturated heterocycles. The smallest absolute Gasteiger partial charge is 0.338 e. The fraction of sp³-hybridized carbons (Fsp3) is 0.512. The summed E-state index contributed by atoms with van der Waals surface area (Å²) in [6, 6.07) is 27.0. The fourth-order valence-electron chi connectivity index (χ4n) is 7.24. The third kappa shape index (κ3) is 9.75. The molecule has 2 unspecified atom stereocenters. The zero-order valence-corrected chi connectivity index (χ0v) is 33.6. The van der Waals surface area contributed by atoms with E-state index < -0.39 is 96.5 Å². The number of benzene rings is 3. The first kappa shape index (κ1) is 42.2. The van der Waals surface area contributed by atoms with E-state index in [0.717, 1.165) is 11.1 Å². The van der Waals surface area contributed by atoms with Crippen molar-refractivity contribution in [3.8, 4) is 0 Å². The van der Waals surface area contributed by atoms with Crippen LogP contribution in [-0.2, 0) is 57.0 Å². The van der Waals surface area contributed by atoms with Gasteiger partial charge in [0, 0.05) is 18.1 Å². The van der Waals surface area contributed by atoms with Crippen LogP contribution in [-0.4, -0.2) is 109 Å². The van der Waals surface area contributed by atoms with Crippen LogP contribution in [0.4, 0.5) is 0 Å². The molecule has 0 aliphatic carbocycles. The first-order chi connectivity index (χ1) is 28.0. The molecule has 15 heteroatoms. The lowest BCUT2D eigenvalue weighted by Gasteiger charge is -2.52. The molecule has 12 atom stereocenters. The second-order valence-corrected chi connectivity index (χ2v) is 16.4. The second-order valence-electron chi connectivity index (χ2n) is 15.1. The van der Waals surface area contributed by atoms with Crippen molar-refractivity contribution < 1.29 is 66.9 Å². The molecule has 0 spiro atoms. The van der Waals surface area contributed by atoms with Gasteiger partial charge in [-0.2, -0.15) is 0 Å².